The topological polar surface area (TPSA) is 53.7 Å². The van der Waals surface area contributed by atoms with Gasteiger partial charge in [0.2, 0.25) is 0 Å². The molecule has 2 atom stereocenters. The van der Waals surface area contributed by atoms with Crippen molar-refractivity contribution >= 4 is 21.9 Å². The lowest BCUT2D eigenvalue weighted by Crippen LogP contribution is -2.26. The molecular formula is C11H14BrNO3. The summed E-state index contributed by atoms with van der Waals surface area (Å²) >= 11 is 3.26. The van der Waals surface area contributed by atoms with Crippen molar-refractivity contribution in [1.82, 2.24) is 4.90 Å². The fourth-order valence-electron chi connectivity index (χ4n) is 2.07. The Balaban J connectivity index is 2.02. The molecule has 4 nitrogen and oxygen atoms in total. The maximum atomic E-state index is 10.9. The van der Waals surface area contributed by atoms with Crippen LogP contribution in [0.4, 0.5) is 0 Å². The van der Waals surface area contributed by atoms with Crippen molar-refractivity contribution < 1.29 is 14.3 Å². The van der Waals surface area contributed by atoms with Crippen molar-refractivity contribution in [2.24, 2.45) is 5.92 Å². The van der Waals surface area contributed by atoms with Crippen molar-refractivity contribution in [2.75, 3.05) is 13.1 Å². The molecule has 16 heavy (non-hydrogen) atoms. The number of hydrogen-bond donors (Lipinski definition) is 1. The molecule has 0 saturated carbocycles. The smallest absolute Gasteiger partial charge is 0.307 e. The molecule has 0 bridgehead atoms. The van der Waals surface area contributed by atoms with Gasteiger partial charge in [-0.2, -0.15) is 0 Å². The zero-order chi connectivity index (χ0) is 11.7. The lowest BCUT2D eigenvalue weighted by atomic mass is 10.1. The first-order chi connectivity index (χ1) is 7.58. The summed E-state index contributed by atoms with van der Waals surface area (Å²) in [7, 11) is 0. The second kappa shape index (κ2) is 4.59. The monoisotopic (exact) mass is 287 g/mol. The highest BCUT2D eigenvalue weighted by atomic mass is 79.9. The third-order valence-electron chi connectivity index (χ3n) is 3.12. The van der Waals surface area contributed by atoms with Gasteiger partial charge in [0.15, 0.2) is 4.67 Å². The van der Waals surface area contributed by atoms with Crippen LogP contribution >= 0.6 is 15.9 Å². The van der Waals surface area contributed by atoms with Crippen molar-refractivity contribution in [3.05, 3.63) is 22.6 Å². The zero-order valence-corrected chi connectivity index (χ0v) is 10.6. The number of halogens is 1. The van der Waals surface area contributed by atoms with Gasteiger partial charge in [0.05, 0.1) is 12.0 Å². The molecule has 1 aromatic rings. The van der Waals surface area contributed by atoms with Gasteiger partial charge in [0, 0.05) is 6.54 Å². The molecule has 1 aromatic heterocycles. The second-order valence-corrected chi connectivity index (χ2v) is 4.92. The molecular weight excluding hydrogens is 274 g/mol. The highest BCUT2D eigenvalue weighted by Gasteiger charge is 2.31. The van der Waals surface area contributed by atoms with E-state index in [4.69, 9.17) is 9.52 Å². The molecule has 1 fully saturated rings. The summed E-state index contributed by atoms with van der Waals surface area (Å²) in [6.45, 7) is 3.46. The molecule has 0 aliphatic carbocycles. The normalized spacial score (nSPS) is 23.5. The Bertz CT molecular complexity index is 390. The first-order valence-corrected chi connectivity index (χ1v) is 6.09. The minimum absolute atomic E-state index is 0.135. The van der Waals surface area contributed by atoms with E-state index in [1.54, 1.807) is 0 Å². The Kier molecular flexibility index (Phi) is 3.35. The molecule has 0 amide bonds. The van der Waals surface area contributed by atoms with Gasteiger partial charge in [-0.15, -0.1) is 0 Å². The van der Waals surface area contributed by atoms with Crippen LogP contribution in [0.3, 0.4) is 0 Å². The Hall–Kier alpha value is -0.810. The highest BCUT2D eigenvalue weighted by molar-refractivity contribution is 9.10. The first-order valence-electron chi connectivity index (χ1n) is 5.30. The third kappa shape index (κ3) is 2.30. The van der Waals surface area contributed by atoms with E-state index in [-0.39, 0.29) is 12.0 Å². The largest absolute Gasteiger partial charge is 0.481 e. The third-order valence-corrected chi connectivity index (χ3v) is 3.55. The molecule has 2 unspecified atom stereocenters. The Morgan fingerprint density at radius 3 is 2.94 bits per heavy atom. The second-order valence-electron chi connectivity index (χ2n) is 4.14. The number of nitrogens with zero attached hydrogens (tertiary/aromatic N) is 1. The fraction of sp³-hybridized carbons (Fsp3) is 0.545. The minimum Gasteiger partial charge on any atom is -0.481 e. The number of aliphatic carboxylic acids is 1. The molecule has 1 aliphatic rings. The van der Waals surface area contributed by atoms with Crippen LogP contribution in [0.15, 0.2) is 21.2 Å². The Morgan fingerprint density at radius 1 is 1.69 bits per heavy atom. The van der Waals surface area contributed by atoms with Gasteiger partial charge in [0.1, 0.15) is 5.76 Å². The summed E-state index contributed by atoms with van der Waals surface area (Å²) < 4.78 is 6.19. The number of rotatable bonds is 3. The molecule has 1 N–H and O–H groups in total. The molecule has 2 rings (SSSR count). The van der Waals surface area contributed by atoms with E-state index in [0.717, 1.165) is 18.7 Å². The summed E-state index contributed by atoms with van der Waals surface area (Å²) in [4.78, 5) is 13.0. The van der Waals surface area contributed by atoms with Gasteiger partial charge in [-0.1, -0.05) is 0 Å². The number of carbonyl (C=O) groups is 1. The lowest BCUT2D eigenvalue weighted by Gasteiger charge is -2.21. The van der Waals surface area contributed by atoms with Crippen LogP contribution < -0.4 is 0 Å². The van der Waals surface area contributed by atoms with Crippen LogP contribution in [0, 0.1) is 5.92 Å². The van der Waals surface area contributed by atoms with Crippen molar-refractivity contribution in [2.45, 2.75) is 19.4 Å². The number of carboxylic acids is 1. The minimum atomic E-state index is -0.699. The van der Waals surface area contributed by atoms with Gasteiger partial charge in [0.25, 0.3) is 0 Å². The predicted molar refractivity (Wildman–Crippen MR) is 62.1 cm³/mol. The van der Waals surface area contributed by atoms with Crippen LogP contribution in [-0.2, 0) is 4.79 Å². The maximum absolute atomic E-state index is 10.9. The van der Waals surface area contributed by atoms with Crippen LogP contribution in [0.5, 0.6) is 0 Å². The number of carboxylic acid groups (broad SMARTS) is 1. The number of likely N-dealkylation sites (tertiary alicyclic amines) is 1. The standard InChI is InChI=1S/C11H14BrNO3/c1-7(9-2-3-10(12)16-9)13-5-4-8(6-13)11(14)15/h2-3,7-8H,4-6H2,1H3,(H,14,15). The van der Waals surface area contributed by atoms with E-state index in [2.05, 4.69) is 20.8 Å². The molecule has 0 aromatic carbocycles. The van der Waals surface area contributed by atoms with Crippen LogP contribution in [0.2, 0.25) is 0 Å². The number of furan rings is 1. The van der Waals surface area contributed by atoms with E-state index in [9.17, 15) is 4.79 Å². The maximum Gasteiger partial charge on any atom is 0.307 e. The van der Waals surface area contributed by atoms with Crippen molar-refractivity contribution in [1.29, 1.82) is 0 Å². The summed E-state index contributed by atoms with van der Waals surface area (Å²) in [6, 6.07) is 3.91. The van der Waals surface area contributed by atoms with Gasteiger partial charge in [-0.05, 0) is 48.0 Å². The van der Waals surface area contributed by atoms with Crippen LogP contribution in [0.1, 0.15) is 25.1 Å². The molecule has 5 heteroatoms. The molecule has 88 valence electrons. The SMILES string of the molecule is CC(c1ccc(Br)o1)N1CCC(C(=O)O)C1. The molecule has 0 spiro atoms. The van der Waals surface area contributed by atoms with Gasteiger partial charge in [-0.25, -0.2) is 0 Å². The van der Waals surface area contributed by atoms with E-state index in [1.807, 2.05) is 19.1 Å². The van der Waals surface area contributed by atoms with Crippen LogP contribution in [0.25, 0.3) is 0 Å². The molecule has 1 aliphatic heterocycles. The number of hydrogen-bond acceptors (Lipinski definition) is 3. The first kappa shape index (κ1) is 11.7. The quantitative estimate of drug-likeness (QED) is 0.928. The van der Waals surface area contributed by atoms with Gasteiger partial charge >= 0.3 is 5.97 Å². The van der Waals surface area contributed by atoms with E-state index in [0.29, 0.717) is 11.2 Å². The summed E-state index contributed by atoms with van der Waals surface area (Å²) in [5, 5.41) is 8.93. The Labute approximate surface area is 102 Å². The molecule has 0 radical (unpaired) electrons. The van der Waals surface area contributed by atoms with Crippen molar-refractivity contribution in [3.63, 3.8) is 0 Å². The van der Waals surface area contributed by atoms with Gasteiger partial charge in [-0.3, -0.25) is 9.69 Å². The highest BCUT2D eigenvalue weighted by Crippen LogP contribution is 2.29. The lowest BCUT2D eigenvalue weighted by molar-refractivity contribution is -0.141. The van der Waals surface area contributed by atoms with E-state index in [1.165, 1.54) is 0 Å². The van der Waals surface area contributed by atoms with E-state index < -0.39 is 5.97 Å². The summed E-state index contributed by atoms with van der Waals surface area (Å²) in [5.41, 5.74) is 0. The van der Waals surface area contributed by atoms with E-state index >= 15 is 0 Å². The Morgan fingerprint density at radius 2 is 2.44 bits per heavy atom. The predicted octanol–water partition coefficient (Wildman–Crippen LogP) is 2.51. The zero-order valence-electron chi connectivity index (χ0n) is 9.02. The summed E-state index contributed by atoms with van der Waals surface area (Å²) in [6.07, 6.45) is 0.724. The average Bonchev–Trinajstić information content (AvgIpc) is 2.84. The summed E-state index contributed by atoms with van der Waals surface area (Å²) in [5.74, 6) is -0.0610. The fourth-order valence-corrected chi connectivity index (χ4v) is 2.39. The average molecular weight is 288 g/mol. The van der Waals surface area contributed by atoms with Gasteiger partial charge < -0.3 is 9.52 Å². The van der Waals surface area contributed by atoms with Crippen molar-refractivity contribution in [3.8, 4) is 0 Å². The van der Waals surface area contributed by atoms with Crippen LogP contribution in [-0.4, -0.2) is 29.1 Å². The molecule has 1 saturated heterocycles. The molecule has 2 heterocycles.